The summed E-state index contributed by atoms with van der Waals surface area (Å²) in [4.78, 5) is 13.0. The van der Waals surface area contributed by atoms with Crippen LogP contribution >= 0.6 is 12.4 Å². The molecule has 1 aliphatic heterocycles. The lowest BCUT2D eigenvalue weighted by Crippen LogP contribution is -2.24. The summed E-state index contributed by atoms with van der Waals surface area (Å²) < 4.78 is 0. The van der Waals surface area contributed by atoms with Crippen molar-refractivity contribution in [1.29, 1.82) is 0 Å². The van der Waals surface area contributed by atoms with E-state index in [4.69, 9.17) is 5.11 Å². The molecule has 0 amide bonds. The van der Waals surface area contributed by atoms with E-state index in [9.17, 15) is 4.79 Å². The summed E-state index contributed by atoms with van der Waals surface area (Å²) in [6, 6.07) is 11.2. The van der Waals surface area contributed by atoms with Crippen LogP contribution in [-0.2, 0) is 4.79 Å². The molecule has 0 saturated carbocycles. The van der Waals surface area contributed by atoms with E-state index in [1.54, 1.807) is 0 Å². The Hall–Kier alpha value is -1.06. The molecule has 0 bridgehead atoms. The van der Waals surface area contributed by atoms with Gasteiger partial charge in [-0.05, 0) is 44.3 Å². The Kier molecular flexibility index (Phi) is 6.89. The molecule has 1 saturated heterocycles. The van der Waals surface area contributed by atoms with Gasteiger partial charge >= 0.3 is 5.97 Å². The average molecular weight is 284 g/mol. The minimum absolute atomic E-state index is 0. The average Bonchev–Trinajstić information content (AvgIpc) is 2.84. The van der Waals surface area contributed by atoms with Crippen molar-refractivity contribution in [1.82, 2.24) is 4.90 Å². The predicted octanol–water partition coefficient (Wildman–Crippen LogP) is 3.50. The topological polar surface area (TPSA) is 40.5 Å². The Morgan fingerprint density at radius 3 is 2.68 bits per heavy atom. The number of benzene rings is 1. The monoisotopic (exact) mass is 283 g/mol. The summed E-state index contributed by atoms with van der Waals surface area (Å²) in [5.74, 6) is -0.684. The van der Waals surface area contributed by atoms with Crippen molar-refractivity contribution in [3.63, 3.8) is 0 Å². The van der Waals surface area contributed by atoms with Crippen molar-refractivity contribution in [2.24, 2.45) is 0 Å². The third-order valence-electron chi connectivity index (χ3n) is 3.63. The Morgan fingerprint density at radius 1 is 1.26 bits per heavy atom. The summed E-state index contributed by atoms with van der Waals surface area (Å²) in [6.45, 7) is 2.17. The normalized spacial score (nSPS) is 19.1. The SMILES string of the molecule is Cl.O=C(O)CCCCN1CCCC1c1ccccc1. The number of aliphatic carboxylic acids is 1. The molecule has 1 fully saturated rings. The first-order valence-electron chi connectivity index (χ1n) is 6.78. The van der Waals surface area contributed by atoms with E-state index < -0.39 is 5.97 Å². The fourth-order valence-electron chi connectivity index (χ4n) is 2.74. The molecule has 0 radical (unpaired) electrons. The molecule has 3 nitrogen and oxygen atoms in total. The second-order valence-corrected chi connectivity index (χ2v) is 4.96. The van der Waals surface area contributed by atoms with Crippen LogP contribution in [-0.4, -0.2) is 29.1 Å². The molecule has 4 heteroatoms. The van der Waals surface area contributed by atoms with Crippen LogP contribution in [0.1, 0.15) is 43.7 Å². The van der Waals surface area contributed by atoms with Crippen molar-refractivity contribution in [2.45, 2.75) is 38.1 Å². The van der Waals surface area contributed by atoms with Gasteiger partial charge in [0, 0.05) is 12.5 Å². The van der Waals surface area contributed by atoms with E-state index in [-0.39, 0.29) is 12.4 Å². The number of carboxylic acid groups (broad SMARTS) is 1. The first-order chi connectivity index (χ1) is 8.77. The van der Waals surface area contributed by atoms with Gasteiger partial charge in [0.15, 0.2) is 0 Å². The fourth-order valence-corrected chi connectivity index (χ4v) is 2.74. The minimum Gasteiger partial charge on any atom is -0.481 e. The maximum absolute atomic E-state index is 10.5. The van der Waals surface area contributed by atoms with Crippen LogP contribution in [0.5, 0.6) is 0 Å². The van der Waals surface area contributed by atoms with Gasteiger partial charge in [-0.3, -0.25) is 9.69 Å². The Morgan fingerprint density at radius 2 is 2.00 bits per heavy atom. The van der Waals surface area contributed by atoms with Gasteiger partial charge in [-0.15, -0.1) is 12.4 Å². The maximum Gasteiger partial charge on any atom is 0.303 e. The molecule has 1 aromatic rings. The molecule has 106 valence electrons. The molecule has 2 rings (SSSR count). The number of nitrogens with zero attached hydrogens (tertiary/aromatic N) is 1. The molecule has 0 aliphatic carbocycles. The van der Waals surface area contributed by atoms with Crippen LogP contribution in [0.2, 0.25) is 0 Å². The first kappa shape index (κ1) is 16.0. The number of hydrogen-bond acceptors (Lipinski definition) is 2. The highest BCUT2D eigenvalue weighted by atomic mass is 35.5. The van der Waals surface area contributed by atoms with Crippen molar-refractivity contribution in [3.8, 4) is 0 Å². The van der Waals surface area contributed by atoms with E-state index in [0.717, 1.165) is 25.9 Å². The van der Waals surface area contributed by atoms with Gasteiger partial charge in [0.1, 0.15) is 0 Å². The largest absolute Gasteiger partial charge is 0.481 e. The van der Waals surface area contributed by atoms with E-state index >= 15 is 0 Å². The molecule has 1 heterocycles. The van der Waals surface area contributed by atoms with Gasteiger partial charge in [0.05, 0.1) is 0 Å². The summed E-state index contributed by atoms with van der Waals surface area (Å²) in [6.07, 6.45) is 4.54. The Balaban J connectivity index is 0.00000180. The smallest absolute Gasteiger partial charge is 0.303 e. The molecule has 1 aromatic carbocycles. The highest BCUT2D eigenvalue weighted by molar-refractivity contribution is 5.85. The van der Waals surface area contributed by atoms with Gasteiger partial charge < -0.3 is 5.11 Å². The second-order valence-electron chi connectivity index (χ2n) is 4.96. The molecule has 19 heavy (non-hydrogen) atoms. The number of unbranched alkanes of at least 4 members (excludes halogenated alkanes) is 1. The lowest BCUT2D eigenvalue weighted by atomic mass is 10.0. The van der Waals surface area contributed by atoms with E-state index in [1.165, 1.54) is 18.4 Å². The third kappa shape index (κ3) is 4.84. The standard InChI is InChI=1S/C15H21NO2.ClH/c17-15(18)10-4-5-11-16-12-6-9-14(16)13-7-2-1-3-8-13;/h1-3,7-8,14H,4-6,9-12H2,(H,17,18);1H. The number of halogens is 1. The van der Waals surface area contributed by atoms with Crippen LogP contribution in [0.25, 0.3) is 0 Å². The number of carboxylic acids is 1. The quantitative estimate of drug-likeness (QED) is 0.813. The van der Waals surface area contributed by atoms with Gasteiger partial charge in [-0.2, -0.15) is 0 Å². The highest BCUT2D eigenvalue weighted by Gasteiger charge is 2.24. The van der Waals surface area contributed by atoms with Crippen LogP contribution in [0.15, 0.2) is 30.3 Å². The number of carbonyl (C=O) groups is 1. The first-order valence-corrected chi connectivity index (χ1v) is 6.78. The van der Waals surface area contributed by atoms with Crippen LogP contribution < -0.4 is 0 Å². The molecular weight excluding hydrogens is 262 g/mol. The van der Waals surface area contributed by atoms with E-state index in [0.29, 0.717) is 12.5 Å². The maximum atomic E-state index is 10.5. The second kappa shape index (κ2) is 8.18. The van der Waals surface area contributed by atoms with Crippen molar-refractivity contribution < 1.29 is 9.90 Å². The molecule has 0 spiro atoms. The van der Waals surface area contributed by atoms with Gasteiger partial charge in [0.25, 0.3) is 0 Å². The van der Waals surface area contributed by atoms with Crippen molar-refractivity contribution in [2.75, 3.05) is 13.1 Å². The minimum atomic E-state index is -0.684. The Labute approximate surface area is 121 Å². The number of hydrogen-bond donors (Lipinski definition) is 1. The summed E-state index contributed by atoms with van der Waals surface area (Å²) in [5.41, 5.74) is 1.40. The number of likely N-dealkylation sites (tertiary alicyclic amines) is 1. The lowest BCUT2D eigenvalue weighted by Gasteiger charge is -2.24. The molecule has 1 unspecified atom stereocenters. The summed E-state index contributed by atoms with van der Waals surface area (Å²) >= 11 is 0. The van der Waals surface area contributed by atoms with Crippen LogP contribution in [0.3, 0.4) is 0 Å². The predicted molar refractivity (Wildman–Crippen MR) is 78.7 cm³/mol. The van der Waals surface area contributed by atoms with Crippen molar-refractivity contribution in [3.05, 3.63) is 35.9 Å². The number of rotatable bonds is 6. The molecule has 0 aromatic heterocycles. The fraction of sp³-hybridized carbons (Fsp3) is 0.533. The van der Waals surface area contributed by atoms with Crippen LogP contribution in [0.4, 0.5) is 0 Å². The van der Waals surface area contributed by atoms with Gasteiger partial charge in [-0.25, -0.2) is 0 Å². The Bertz CT molecular complexity index is 383. The zero-order chi connectivity index (χ0) is 12.8. The lowest BCUT2D eigenvalue weighted by molar-refractivity contribution is -0.137. The van der Waals surface area contributed by atoms with Gasteiger partial charge in [-0.1, -0.05) is 30.3 Å². The summed E-state index contributed by atoms with van der Waals surface area (Å²) in [7, 11) is 0. The molecular formula is C15H22ClNO2. The van der Waals surface area contributed by atoms with E-state index in [1.807, 2.05) is 0 Å². The zero-order valence-electron chi connectivity index (χ0n) is 11.1. The van der Waals surface area contributed by atoms with Crippen molar-refractivity contribution >= 4 is 18.4 Å². The molecule has 1 N–H and O–H groups in total. The highest BCUT2D eigenvalue weighted by Crippen LogP contribution is 2.31. The third-order valence-corrected chi connectivity index (χ3v) is 3.63. The van der Waals surface area contributed by atoms with Crippen LogP contribution in [0, 0.1) is 0 Å². The molecule has 1 aliphatic rings. The van der Waals surface area contributed by atoms with Gasteiger partial charge in [0.2, 0.25) is 0 Å². The summed E-state index contributed by atoms with van der Waals surface area (Å²) in [5, 5.41) is 8.62. The molecule has 1 atom stereocenters. The zero-order valence-corrected chi connectivity index (χ0v) is 11.9. The van der Waals surface area contributed by atoms with E-state index in [2.05, 4.69) is 35.2 Å².